The van der Waals surface area contributed by atoms with Gasteiger partial charge in [0.2, 0.25) is 5.91 Å². The zero-order valence-electron chi connectivity index (χ0n) is 11.4. The van der Waals surface area contributed by atoms with Gasteiger partial charge < -0.3 is 15.8 Å². The molecule has 0 saturated carbocycles. The summed E-state index contributed by atoms with van der Waals surface area (Å²) >= 11 is 0. The third kappa shape index (κ3) is 9.39. The van der Waals surface area contributed by atoms with Crippen molar-refractivity contribution in [3.8, 4) is 0 Å². The molecule has 104 valence electrons. The maximum absolute atomic E-state index is 11.7. The molecule has 0 aromatic heterocycles. The number of rotatable bonds is 8. The highest BCUT2D eigenvalue weighted by molar-refractivity contribution is 5.85. The Morgan fingerprint density at radius 1 is 1.47 bits per heavy atom. The molecule has 3 N–H and O–H groups in total. The summed E-state index contributed by atoms with van der Waals surface area (Å²) in [4.78, 5) is 11.7. The molecule has 0 aromatic carbocycles. The van der Waals surface area contributed by atoms with E-state index in [0.717, 1.165) is 12.8 Å². The average Bonchev–Trinajstić information content (AvgIpc) is 2.16. The van der Waals surface area contributed by atoms with E-state index in [1.165, 1.54) is 0 Å². The van der Waals surface area contributed by atoms with Crippen LogP contribution in [0.1, 0.15) is 40.0 Å². The van der Waals surface area contributed by atoms with Crippen LogP contribution in [0.25, 0.3) is 0 Å². The van der Waals surface area contributed by atoms with E-state index < -0.39 is 0 Å². The van der Waals surface area contributed by atoms with Crippen molar-refractivity contribution >= 4 is 18.3 Å². The molecule has 0 saturated heterocycles. The largest absolute Gasteiger partial charge is 0.385 e. The van der Waals surface area contributed by atoms with Crippen molar-refractivity contribution in [2.45, 2.75) is 45.6 Å². The second kappa shape index (κ2) is 9.68. The van der Waals surface area contributed by atoms with E-state index in [-0.39, 0.29) is 23.9 Å². The van der Waals surface area contributed by atoms with Crippen LogP contribution in [0.5, 0.6) is 0 Å². The highest BCUT2D eigenvalue weighted by Gasteiger charge is 2.25. The van der Waals surface area contributed by atoms with Crippen molar-refractivity contribution in [1.29, 1.82) is 0 Å². The molecule has 1 amide bonds. The van der Waals surface area contributed by atoms with E-state index in [0.29, 0.717) is 25.5 Å². The first kappa shape index (κ1) is 19.0. The monoisotopic (exact) mass is 266 g/mol. The van der Waals surface area contributed by atoms with Crippen LogP contribution in [0.2, 0.25) is 0 Å². The molecule has 1 unspecified atom stereocenters. The van der Waals surface area contributed by atoms with Gasteiger partial charge >= 0.3 is 0 Å². The van der Waals surface area contributed by atoms with Gasteiger partial charge in [-0.1, -0.05) is 13.8 Å². The van der Waals surface area contributed by atoms with Gasteiger partial charge in [-0.3, -0.25) is 4.79 Å². The van der Waals surface area contributed by atoms with Gasteiger partial charge in [0.05, 0.1) is 0 Å². The van der Waals surface area contributed by atoms with E-state index in [4.69, 9.17) is 10.5 Å². The molecule has 0 radical (unpaired) electrons. The first-order valence-corrected chi connectivity index (χ1v) is 5.93. The minimum absolute atomic E-state index is 0. The lowest BCUT2D eigenvalue weighted by atomic mass is 9.90. The molecule has 1 atom stereocenters. The second-order valence-electron chi connectivity index (χ2n) is 5.01. The number of nitrogens with one attached hydrogen (secondary N) is 1. The van der Waals surface area contributed by atoms with E-state index in [9.17, 15) is 4.79 Å². The number of ether oxygens (including phenoxy) is 1. The highest BCUT2D eigenvalue weighted by Crippen LogP contribution is 2.15. The fraction of sp³-hybridized carbons (Fsp3) is 0.917. The molecule has 0 aromatic rings. The maximum Gasteiger partial charge on any atom is 0.220 e. The number of amides is 1. The van der Waals surface area contributed by atoms with Gasteiger partial charge in [-0.2, -0.15) is 0 Å². The number of halogens is 1. The van der Waals surface area contributed by atoms with Crippen molar-refractivity contribution in [3.05, 3.63) is 0 Å². The van der Waals surface area contributed by atoms with E-state index in [1.54, 1.807) is 7.11 Å². The Morgan fingerprint density at radius 3 is 2.47 bits per heavy atom. The molecule has 0 fully saturated rings. The van der Waals surface area contributed by atoms with E-state index >= 15 is 0 Å². The number of hydrogen-bond acceptors (Lipinski definition) is 3. The molecule has 0 rings (SSSR count). The van der Waals surface area contributed by atoms with Gasteiger partial charge in [-0.05, 0) is 25.7 Å². The lowest BCUT2D eigenvalue weighted by Gasteiger charge is -2.31. The molecule has 0 bridgehead atoms. The molecule has 4 nitrogen and oxygen atoms in total. The van der Waals surface area contributed by atoms with Crippen LogP contribution < -0.4 is 11.1 Å². The minimum atomic E-state index is -0.279. The Labute approximate surface area is 111 Å². The molecule has 0 heterocycles. The van der Waals surface area contributed by atoms with Gasteiger partial charge in [-0.25, -0.2) is 0 Å². The number of hydrogen-bond donors (Lipinski definition) is 2. The van der Waals surface area contributed by atoms with Crippen molar-refractivity contribution in [1.82, 2.24) is 5.32 Å². The zero-order valence-corrected chi connectivity index (χ0v) is 12.2. The predicted octanol–water partition coefficient (Wildman–Crippen LogP) is 1.71. The quantitative estimate of drug-likeness (QED) is 0.658. The fourth-order valence-electron chi connectivity index (χ4n) is 1.86. The van der Waals surface area contributed by atoms with E-state index in [1.807, 2.05) is 6.92 Å². The number of nitrogens with two attached hydrogens (primary N) is 1. The van der Waals surface area contributed by atoms with Gasteiger partial charge in [0, 0.05) is 32.2 Å². The smallest absolute Gasteiger partial charge is 0.220 e. The normalized spacial score (nSPS) is 14.0. The van der Waals surface area contributed by atoms with Gasteiger partial charge in [0.25, 0.3) is 0 Å². The molecule has 0 aliphatic heterocycles. The average molecular weight is 267 g/mol. The van der Waals surface area contributed by atoms with Crippen molar-refractivity contribution in [2.24, 2.45) is 11.7 Å². The lowest BCUT2D eigenvalue weighted by Crippen LogP contribution is -2.52. The second-order valence-corrected chi connectivity index (χ2v) is 5.01. The van der Waals surface area contributed by atoms with Crippen LogP contribution in [0.3, 0.4) is 0 Å². The van der Waals surface area contributed by atoms with Crippen LogP contribution >= 0.6 is 12.4 Å². The third-order valence-electron chi connectivity index (χ3n) is 2.50. The van der Waals surface area contributed by atoms with Crippen LogP contribution in [-0.2, 0) is 9.53 Å². The minimum Gasteiger partial charge on any atom is -0.385 e. The predicted molar refractivity (Wildman–Crippen MR) is 73.4 cm³/mol. The first-order valence-electron chi connectivity index (χ1n) is 5.93. The lowest BCUT2D eigenvalue weighted by molar-refractivity contribution is -0.123. The summed E-state index contributed by atoms with van der Waals surface area (Å²) in [6.07, 6.45) is 2.16. The van der Waals surface area contributed by atoms with Crippen LogP contribution in [0, 0.1) is 5.92 Å². The topological polar surface area (TPSA) is 64.3 Å². The maximum atomic E-state index is 11.7. The Hall–Kier alpha value is -0.320. The number of carbonyl (C=O) groups excluding carboxylic acids is 1. The van der Waals surface area contributed by atoms with Gasteiger partial charge in [0.1, 0.15) is 0 Å². The molecule has 0 aliphatic rings. The Kier molecular flexibility index (Phi) is 10.8. The summed E-state index contributed by atoms with van der Waals surface area (Å²) in [5.41, 5.74) is 5.44. The highest BCUT2D eigenvalue weighted by atomic mass is 35.5. The Morgan fingerprint density at radius 2 is 2.06 bits per heavy atom. The third-order valence-corrected chi connectivity index (χ3v) is 2.50. The van der Waals surface area contributed by atoms with Crippen LogP contribution in [0.4, 0.5) is 0 Å². The first-order chi connectivity index (χ1) is 7.43. The molecule has 17 heavy (non-hydrogen) atoms. The van der Waals surface area contributed by atoms with Crippen molar-refractivity contribution < 1.29 is 9.53 Å². The SMILES string of the molecule is COCCCC(=O)NC(C)(CN)CC(C)C.Cl. The van der Waals surface area contributed by atoms with Crippen molar-refractivity contribution in [3.63, 3.8) is 0 Å². The zero-order chi connectivity index (χ0) is 12.6. The summed E-state index contributed by atoms with van der Waals surface area (Å²) in [5, 5.41) is 3.01. The Bertz CT molecular complexity index is 213. The molecular formula is C12H27ClN2O2. The standard InChI is InChI=1S/C12H26N2O2.ClH/c1-10(2)8-12(3,9-13)14-11(15)6-5-7-16-4;/h10H,5-9,13H2,1-4H3,(H,14,15);1H. The van der Waals surface area contributed by atoms with Gasteiger partial charge in [0.15, 0.2) is 0 Å². The number of methoxy groups -OCH3 is 1. The van der Waals surface area contributed by atoms with E-state index in [2.05, 4.69) is 19.2 Å². The summed E-state index contributed by atoms with van der Waals surface area (Å²) in [5.74, 6) is 0.582. The van der Waals surface area contributed by atoms with Gasteiger partial charge in [-0.15, -0.1) is 12.4 Å². The molecule has 0 spiro atoms. The van der Waals surface area contributed by atoms with Crippen LogP contribution in [0.15, 0.2) is 0 Å². The summed E-state index contributed by atoms with van der Waals surface area (Å²) < 4.78 is 4.91. The summed E-state index contributed by atoms with van der Waals surface area (Å²) in [6, 6.07) is 0. The van der Waals surface area contributed by atoms with Crippen LogP contribution in [-0.4, -0.2) is 31.7 Å². The fourth-order valence-corrected chi connectivity index (χ4v) is 1.86. The Balaban J connectivity index is 0. The number of carbonyl (C=O) groups is 1. The summed E-state index contributed by atoms with van der Waals surface area (Å²) in [7, 11) is 1.64. The molecule has 0 aliphatic carbocycles. The molecule has 5 heteroatoms. The van der Waals surface area contributed by atoms with Crippen molar-refractivity contribution in [2.75, 3.05) is 20.3 Å². The molecular weight excluding hydrogens is 240 g/mol. The summed E-state index contributed by atoms with van der Waals surface area (Å²) in [6.45, 7) is 7.36.